The lowest BCUT2D eigenvalue weighted by Crippen LogP contribution is -2.09. The summed E-state index contributed by atoms with van der Waals surface area (Å²) in [6.07, 6.45) is 5.37. The lowest BCUT2D eigenvalue weighted by atomic mass is 10.2. The van der Waals surface area contributed by atoms with Gasteiger partial charge in [0.2, 0.25) is 0 Å². The molecule has 1 aromatic heterocycles. The monoisotopic (exact) mass is 182 g/mol. The first kappa shape index (κ1) is 9.23. The minimum Gasteiger partial charge on any atom is -0.325 e. The molecule has 0 fully saturated rings. The molecule has 2 N–H and O–H groups in total. The molecule has 0 spiro atoms. The fourth-order valence-electron chi connectivity index (χ4n) is 0.736. The second-order valence-corrected chi connectivity index (χ2v) is 3.06. The quantitative estimate of drug-likeness (QED) is 0.761. The van der Waals surface area contributed by atoms with Gasteiger partial charge < -0.3 is 5.73 Å². The standard InChI is InChI=1S/C9H11ClN2/c1-7(11)2-4-9-5-3-8(10)6-12-9/h2-7H,11H2,1H3/b4-2+. The SMILES string of the molecule is CC(N)/C=C/c1ccc(Cl)cn1. The maximum Gasteiger partial charge on any atom is 0.0628 e. The van der Waals surface area contributed by atoms with Crippen molar-refractivity contribution in [1.29, 1.82) is 0 Å². The molecule has 0 aliphatic heterocycles. The van der Waals surface area contributed by atoms with Gasteiger partial charge in [-0.15, -0.1) is 0 Å². The predicted molar refractivity (Wildman–Crippen MR) is 51.9 cm³/mol. The Morgan fingerprint density at radius 2 is 2.33 bits per heavy atom. The molecular weight excluding hydrogens is 172 g/mol. The lowest BCUT2D eigenvalue weighted by molar-refractivity contribution is 0.930. The van der Waals surface area contributed by atoms with E-state index in [1.807, 2.05) is 25.1 Å². The van der Waals surface area contributed by atoms with Gasteiger partial charge in [0, 0.05) is 12.2 Å². The van der Waals surface area contributed by atoms with E-state index in [2.05, 4.69) is 4.98 Å². The highest BCUT2D eigenvalue weighted by Crippen LogP contribution is 2.07. The molecule has 0 amide bonds. The van der Waals surface area contributed by atoms with Gasteiger partial charge in [-0.2, -0.15) is 0 Å². The summed E-state index contributed by atoms with van der Waals surface area (Å²) in [5.74, 6) is 0. The summed E-state index contributed by atoms with van der Waals surface area (Å²) in [4.78, 5) is 4.08. The summed E-state index contributed by atoms with van der Waals surface area (Å²) in [5.41, 5.74) is 6.40. The van der Waals surface area contributed by atoms with Crippen LogP contribution in [0.4, 0.5) is 0 Å². The molecule has 0 saturated carbocycles. The van der Waals surface area contributed by atoms with Crippen LogP contribution in [0.3, 0.4) is 0 Å². The molecule has 1 unspecified atom stereocenters. The Hall–Kier alpha value is -0.860. The second-order valence-electron chi connectivity index (χ2n) is 2.62. The van der Waals surface area contributed by atoms with Crippen LogP contribution in [0.5, 0.6) is 0 Å². The third kappa shape index (κ3) is 3.03. The molecule has 1 heterocycles. The maximum absolute atomic E-state index is 5.66. The molecule has 3 heteroatoms. The largest absolute Gasteiger partial charge is 0.325 e. The summed E-state index contributed by atoms with van der Waals surface area (Å²) in [6, 6.07) is 3.71. The van der Waals surface area contributed by atoms with Gasteiger partial charge in [0.15, 0.2) is 0 Å². The van der Waals surface area contributed by atoms with Gasteiger partial charge >= 0.3 is 0 Å². The number of nitrogens with two attached hydrogens (primary N) is 1. The van der Waals surface area contributed by atoms with E-state index in [1.54, 1.807) is 12.3 Å². The number of rotatable bonds is 2. The van der Waals surface area contributed by atoms with Crippen LogP contribution < -0.4 is 5.73 Å². The second kappa shape index (κ2) is 4.24. The van der Waals surface area contributed by atoms with Crippen molar-refractivity contribution in [2.24, 2.45) is 5.73 Å². The summed E-state index contributed by atoms with van der Waals surface area (Å²) in [5, 5.41) is 0.646. The molecular formula is C9H11ClN2. The molecule has 0 aliphatic carbocycles. The van der Waals surface area contributed by atoms with Gasteiger partial charge in [0.1, 0.15) is 0 Å². The van der Waals surface area contributed by atoms with E-state index in [1.165, 1.54) is 0 Å². The predicted octanol–water partition coefficient (Wildman–Crippen LogP) is 2.10. The van der Waals surface area contributed by atoms with E-state index < -0.39 is 0 Å². The smallest absolute Gasteiger partial charge is 0.0628 e. The molecule has 1 atom stereocenters. The first-order chi connectivity index (χ1) is 5.68. The number of halogens is 1. The fraction of sp³-hybridized carbons (Fsp3) is 0.222. The minimum atomic E-state index is 0.0579. The Labute approximate surface area is 77.1 Å². The van der Waals surface area contributed by atoms with Crippen molar-refractivity contribution in [2.75, 3.05) is 0 Å². The van der Waals surface area contributed by atoms with Crippen molar-refractivity contribution >= 4 is 17.7 Å². The van der Waals surface area contributed by atoms with Crippen molar-refractivity contribution in [3.8, 4) is 0 Å². The number of hydrogen-bond donors (Lipinski definition) is 1. The first-order valence-corrected chi connectivity index (χ1v) is 4.11. The first-order valence-electron chi connectivity index (χ1n) is 3.74. The molecule has 1 rings (SSSR count). The molecule has 0 bridgehead atoms. The van der Waals surface area contributed by atoms with Gasteiger partial charge in [0.25, 0.3) is 0 Å². The number of nitrogens with zero attached hydrogens (tertiary/aromatic N) is 1. The van der Waals surface area contributed by atoms with Crippen LogP contribution in [0, 0.1) is 0 Å². The molecule has 64 valence electrons. The van der Waals surface area contributed by atoms with Crippen LogP contribution in [0.25, 0.3) is 6.08 Å². The highest BCUT2D eigenvalue weighted by molar-refractivity contribution is 6.30. The molecule has 0 radical (unpaired) electrons. The summed E-state index contributed by atoms with van der Waals surface area (Å²) >= 11 is 5.66. The molecule has 0 aliphatic rings. The van der Waals surface area contributed by atoms with Crippen LogP contribution >= 0.6 is 11.6 Å². The topological polar surface area (TPSA) is 38.9 Å². The maximum atomic E-state index is 5.66. The van der Waals surface area contributed by atoms with Crippen LogP contribution in [0.2, 0.25) is 5.02 Å². The van der Waals surface area contributed by atoms with E-state index in [9.17, 15) is 0 Å². The third-order valence-electron chi connectivity index (χ3n) is 1.32. The van der Waals surface area contributed by atoms with Crippen molar-refractivity contribution in [3.05, 3.63) is 35.1 Å². The number of pyridine rings is 1. The number of aromatic nitrogens is 1. The molecule has 12 heavy (non-hydrogen) atoms. The van der Waals surface area contributed by atoms with E-state index >= 15 is 0 Å². The van der Waals surface area contributed by atoms with Crippen molar-refractivity contribution in [3.63, 3.8) is 0 Å². The summed E-state index contributed by atoms with van der Waals surface area (Å²) in [7, 11) is 0. The molecule has 2 nitrogen and oxygen atoms in total. The van der Waals surface area contributed by atoms with Gasteiger partial charge in [0.05, 0.1) is 10.7 Å². The van der Waals surface area contributed by atoms with Crippen molar-refractivity contribution in [1.82, 2.24) is 4.98 Å². The van der Waals surface area contributed by atoms with Crippen LogP contribution in [0.1, 0.15) is 12.6 Å². The van der Waals surface area contributed by atoms with Gasteiger partial charge in [-0.25, -0.2) is 0 Å². The van der Waals surface area contributed by atoms with Gasteiger partial charge in [-0.3, -0.25) is 4.98 Å². The summed E-state index contributed by atoms with van der Waals surface area (Å²) < 4.78 is 0. The van der Waals surface area contributed by atoms with Crippen LogP contribution in [0.15, 0.2) is 24.4 Å². The molecule has 0 aromatic carbocycles. The zero-order chi connectivity index (χ0) is 8.97. The zero-order valence-corrected chi connectivity index (χ0v) is 7.62. The van der Waals surface area contributed by atoms with Crippen LogP contribution in [-0.4, -0.2) is 11.0 Å². The lowest BCUT2D eigenvalue weighted by Gasteiger charge is -1.95. The Kier molecular flexibility index (Phi) is 3.26. The third-order valence-corrected chi connectivity index (χ3v) is 1.54. The Balaban J connectivity index is 2.71. The normalized spacial score (nSPS) is 13.6. The Bertz CT molecular complexity index is 264. The van der Waals surface area contributed by atoms with Crippen molar-refractivity contribution < 1.29 is 0 Å². The minimum absolute atomic E-state index is 0.0579. The van der Waals surface area contributed by atoms with E-state index in [4.69, 9.17) is 17.3 Å². The molecule has 0 saturated heterocycles. The van der Waals surface area contributed by atoms with Gasteiger partial charge in [-0.1, -0.05) is 17.7 Å². The van der Waals surface area contributed by atoms with E-state index in [0.717, 1.165) is 5.69 Å². The molecule has 1 aromatic rings. The fourth-order valence-corrected chi connectivity index (χ4v) is 0.848. The Morgan fingerprint density at radius 1 is 1.58 bits per heavy atom. The average Bonchev–Trinajstić information content (AvgIpc) is 2.03. The van der Waals surface area contributed by atoms with E-state index in [0.29, 0.717) is 5.02 Å². The summed E-state index contributed by atoms with van der Waals surface area (Å²) in [6.45, 7) is 1.91. The Morgan fingerprint density at radius 3 is 2.83 bits per heavy atom. The average molecular weight is 183 g/mol. The highest BCUT2D eigenvalue weighted by Gasteiger charge is 1.89. The van der Waals surface area contributed by atoms with Gasteiger partial charge in [-0.05, 0) is 25.1 Å². The number of hydrogen-bond acceptors (Lipinski definition) is 2. The van der Waals surface area contributed by atoms with Crippen molar-refractivity contribution in [2.45, 2.75) is 13.0 Å². The van der Waals surface area contributed by atoms with Crippen LogP contribution in [-0.2, 0) is 0 Å². The van der Waals surface area contributed by atoms with E-state index in [-0.39, 0.29) is 6.04 Å². The zero-order valence-electron chi connectivity index (χ0n) is 6.87. The highest BCUT2D eigenvalue weighted by atomic mass is 35.5.